The van der Waals surface area contributed by atoms with Crippen molar-refractivity contribution in [1.29, 1.82) is 0 Å². The van der Waals surface area contributed by atoms with Crippen LogP contribution in [-0.4, -0.2) is 41.9 Å². The molecule has 16 heavy (non-hydrogen) atoms. The highest BCUT2D eigenvalue weighted by atomic mass is 35.5. The van der Waals surface area contributed by atoms with Crippen molar-refractivity contribution >= 4 is 17.4 Å². The molecule has 0 saturated carbocycles. The number of methoxy groups -OCH3 is 1. The van der Waals surface area contributed by atoms with Crippen LogP contribution >= 0.6 is 11.6 Å². The molecule has 1 aromatic heterocycles. The van der Waals surface area contributed by atoms with E-state index in [9.17, 15) is 0 Å². The van der Waals surface area contributed by atoms with Crippen LogP contribution in [0.5, 0.6) is 0 Å². The van der Waals surface area contributed by atoms with Crippen LogP contribution in [0.1, 0.15) is 12.7 Å². The van der Waals surface area contributed by atoms with Crippen LogP contribution in [0.2, 0.25) is 5.15 Å². The monoisotopic (exact) mass is 245 g/mol. The first kappa shape index (κ1) is 13.2. The van der Waals surface area contributed by atoms with E-state index in [2.05, 4.69) is 9.97 Å². The standard InChI is InChI=1S/C10H16ClN3O2/c1-3-14(4-5-15)10-6-8(11)12-9(13-10)7-16-2/h6,15H,3-5,7H2,1-2H3. The molecule has 0 aromatic carbocycles. The summed E-state index contributed by atoms with van der Waals surface area (Å²) in [6, 6.07) is 1.68. The lowest BCUT2D eigenvalue weighted by Crippen LogP contribution is -2.27. The van der Waals surface area contributed by atoms with Gasteiger partial charge in [-0.2, -0.15) is 0 Å². The first-order valence-corrected chi connectivity index (χ1v) is 5.47. The van der Waals surface area contributed by atoms with Crippen molar-refractivity contribution in [2.24, 2.45) is 0 Å². The number of likely N-dealkylation sites (N-methyl/N-ethyl adjacent to an activating group) is 1. The second-order valence-electron chi connectivity index (χ2n) is 3.20. The Balaban J connectivity index is 2.92. The van der Waals surface area contributed by atoms with Gasteiger partial charge < -0.3 is 14.7 Å². The number of ether oxygens (including phenoxy) is 1. The fourth-order valence-corrected chi connectivity index (χ4v) is 1.56. The Bertz CT molecular complexity index is 336. The number of rotatable bonds is 6. The normalized spacial score (nSPS) is 10.5. The van der Waals surface area contributed by atoms with Crippen molar-refractivity contribution in [3.8, 4) is 0 Å². The first-order chi connectivity index (χ1) is 7.71. The molecule has 0 radical (unpaired) electrons. The molecule has 0 amide bonds. The minimum absolute atomic E-state index is 0.0784. The van der Waals surface area contributed by atoms with E-state index in [0.29, 0.717) is 29.9 Å². The van der Waals surface area contributed by atoms with Crippen molar-refractivity contribution < 1.29 is 9.84 Å². The van der Waals surface area contributed by atoms with E-state index in [0.717, 1.165) is 6.54 Å². The number of aromatic nitrogens is 2. The van der Waals surface area contributed by atoms with Gasteiger partial charge in [0.25, 0.3) is 0 Å². The zero-order valence-electron chi connectivity index (χ0n) is 9.48. The summed E-state index contributed by atoms with van der Waals surface area (Å²) in [5.41, 5.74) is 0. The third-order valence-electron chi connectivity index (χ3n) is 2.08. The van der Waals surface area contributed by atoms with Crippen LogP contribution in [0, 0.1) is 0 Å². The van der Waals surface area contributed by atoms with Gasteiger partial charge >= 0.3 is 0 Å². The summed E-state index contributed by atoms with van der Waals surface area (Å²) in [6.45, 7) is 3.66. The Hall–Kier alpha value is -0.910. The summed E-state index contributed by atoms with van der Waals surface area (Å²) in [7, 11) is 1.58. The summed E-state index contributed by atoms with van der Waals surface area (Å²) in [6.07, 6.45) is 0. The number of halogens is 1. The Morgan fingerprint density at radius 1 is 1.50 bits per heavy atom. The predicted molar refractivity (Wildman–Crippen MR) is 62.7 cm³/mol. The number of hydrogen-bond acceptors (Lipinski definition) is 5. The summed E-state index contributed by atoms with van der Waals surface area (Å²) >= 11 is 5.89. The number of aliphatic hydroxyl groups excluding tert-OH is 1. The minimum Gasteiger partial charge on any atom is -0.395 e. The van der Waals surface area contributed by atoms with E-state index in [1.807, 2.05) is 11.8 Å². The SMILES string of the molecule is CCN(CCO)c1cc(Cl)nc(COC)n1. The van der Waals surface area contributed by atoms with E-state index in [4.69, 9.17) is 21.4 Å². The molecule has 0 aliphatic rings. The van der Waals surface area contributed by atoms with E-state index >= 15 is 0 Å². The van der Waals surface area contributed by atoms with Crippen molar-refractivity contribution in [3.05, 3.63) is 17.0 Å². The lowest BCUT2D eigenvalue weighted by Gasteiger charge is -2.21. The number of hydrogen-bond donors (Lipinski definition) is 1. The van der Waals surface area contributed by atoms with Gasteiger partial charge in [-0.1, -0.05) is 11.6 Å². The van der Waals surface area contributed by atoms with Crippen LogP contribution in [0.4, 0.5) is 5.82 Å². The molecule has 0 saturated heterocycles. The average molecular weight is 246 g/mol. The molecule has 5 nitrogen and oxygen atoms in total. The highest BCUT2D eigenvalue weighted by molar-refractivity contribution is 6.29. The number of nitrogens with zero attached hydrogens (tertiary/aromatic N) is 3. The molecule has 0 fully saturated rings. The Morgan fingerprint density at radius 2 is 2.25 bits per heavy atom. The molecule has 1 aromatic rings. The second kappa shape index (κ2) is 6.62. The largest absolute Gasteiger partial charge is 0.395 e. The molecule has 6 heteroatoms. The number of anilines is 1. The molecule has 90 valence electrons. The van der Waals surface area contributed by atoms with Crippen LogP contribution < -0.4 is 4.90 Å². The maximum atomic E-state index is 8.93. The Kier molecular flexibility index (Phi) is 5.45. The predicted octanol–water partition coefficient (Wildman–Crippen LogP) is 1.09. The molecule has 1 N–H and O–H groups in total. The molecule has 0 bridgehead atoms. The summed E-state index contributed by atoms with van der Waals surface area (Å²) < 4.78 is 4.96. The van der Waals surface area contributed by atoms with Crippen molar-refractivity contribution in [2.75, 3.05) is 31.7 Å². The maximum Gasteiger partial charge on any atom is 0.158 e. The average Bonchev–Trinajstić information content (AvgIpc) is 2.25. The van der Waals surface area contributed by atoms with Crippen LogP contribution in [0.3, 0.4) is 0 Å². The summed E-state index contributed by atoms with van der Waals surface area (Å²) in [4.78, 5) is 10.3. The van der Waals surface area contributed by atoms with Crippen molar-refractivity contribution in [2.45, 2.75) is 13.5 Å². The fourth-order valence-electron chi connectivity index (χ4n) is 1.36. The third-order valence-corrected chi connectivity index (χ3v) is 2.27. The van der Waals surface area contributed by atoms with Crippen LogP contribution in [-0.2, 0) is 11.3 Å². The fraction of sp³-hybridized carbons (Fsp3) is 0.600. The maximum absolute atomic E-state index is 8.93. The molecule has 0 aliphatic carbocycles. The summed E-state index contributed by atoms with van der Waals surface area (Å²) in [5.74, 6) is 1.25. The van der Waals surface area contributed by atoms with Gasteiger partial charge in [0.05, 0.1) is 6.61 Å². The molecule has 0 aliphatic heterocycles. The van der Waals surface area contributed by atoms with E-state index in [1.165, 1.54) is 0 Å². The third kappa shape index (κ3) is 3.59. The number of aliphatic hydroxyl groups is 1. The van der Waals surface area contributed by atoms with Gasteiger partial charge in [-0.3, -0.25) is 0 Å². The van der Waals surface area contributed by atoms with Gasteiger partial charge in [0.1, 0.15) is 17.6 Å². The zero-order valence-corrected chi connectivity index (χ0v) is 10.2. The molecular weight excluding hydrogens is 230 g/mol. The van der Waals surface area contributed by atoms with Gasteiger partial charge in [-0.25, -0.2) is 9.97 Å². The van der Waals surface area contributed by atoms with Gasteiger partial charge in [-0.05, 0) is 6.92 Å². The second-order valence-corrected chi connectivity index (χ2v) is 3.59. The van der Waals surface area contributed by atoms with E-state index in [-0.39, 0.29) is 6.61 Å². The highest BCUT2D eigenvalue weighted by Crippen LogP contribution is 2.16. The Morgan fingerprint density at radius 3 is 2.81 bits per heavy atom. The molecule has 0 atom stereocenters. The first-order valence-electron chi connectivity index (χ1n) is 5.09. The minimum atomic E-state index is 0.0784. The molecule has 0 unspecified atom stereocenters. The lowest BCUT2D eigenvalue weighted by atomic mass is 10.4. The van der Waals surface area contributed by atoms with Crippen molar-refractivity contribution in [3.63, 3.8) is 0 Å². The Labute approximate surface area is 100 Å². The molecule has 1 heterocycles. The van der Waals surface area contributed by atoms with E-state index in [1.54, 1.807) is 13.2 Å². The van der Waals surface area contributed by atoms with Crippen LogP contribution in [0.15, 0.2) is 6.07 Å². The summed E-state index contributed by atoms with van der Waals surface area (Å²) in [5, 5.41) is 9.31. The molecule has 1 rings (SSSR count). The van der Waals surface area contributed by atoms with Gasteiger partial charge in [0.15, 0.2) is 5.82 Å². The van der Waals surface area contributed by atoms with E-state index < -0.39 is 0 Å². The van der Waals surface area contributed by atoms with Gasteiger partial charge in [0, 0.05) is 26.3 Å². The van der Waals surface area contributed by atoms with Crippen molar-refractivity contribution in [1.82, 2.24) is 9.97 Å². The van der Waals surface area contributed by atoms with Gasteiger partial charge in [-0.15, -0.1) is 0 Å². The molecular formula is C10H16ClN3O2. The van der Waals surface area contributed by atoms with Crippen LogP contribution in [0.25, 0.3) is 0 Å². The topological polar surface area (TPSA) is 58.5 Å². The zero-order chi connectivity index (χ0) is 12.0. The quantitative estimate of drug-likeness (QED) is 0.761. The molecule has 0 spiro atoms. The smallest absolute Gasteiger partial charge is 0.158 e. The lowest BCUT2D eigenvalue weighted by molar-refractivity contribution is 0.178. The highest BCUT2D eigenvalue weighted by Gasteiger charge is 2.09. The van der Waals surface area contributed by atoms with Gasteiger partial charge in [0.2, 0.25) is 0 Å².